The molecule has 1 N–H and O–H groups in total. The van der Waals surface area contributed by atoms with E-state index in [1.165, 1.54) is 25.7 Å². The molecule has 1 heteroatoms. The van der Waals surface area contributed by atoms with Gasteiger partial charge >= 0.3 is 0 Å². The summed E-state index contributed by atoms with van der Waals surface area (Å²) < 4.78 is 0. The van der Waals surface area contributed by atoms with Crippen LogP contribution in [0.15, 0.2) is 23.3 Å². The lowest BCUT2D eigenvalue weighted by molar-refractivity contribution is 0.682. The fourth-order valence-electron chi connectivity index (χ4n) is 2.00. The zero-order chi connectivity index (χ0) is 9.26. The van der Waals surface area contributed by atoms with E-state index in [2.05, 4.69) is 31.3 Å². The second kappa shape index (κ2) is 3.67. The molecule has 0 saturated carbocycles. The number of hydrogen-bond donors (Lipinski definition) is 1. The maximum atomic E-state index is 3.38. The van der Waals surface area contributed by atoms with Crippen molar-refractivity contribution in [1.29, 1.82) is 0 Å². The average molecular weight is 177 g/mol. The van der Waals surface area contributed by atoms with Crippen LogP contribution >= 0.6 is 0 Å². The molecule has 13 heavy (non-hydrogen) atoms. The lowest BCUT2D eigenvalue weighted by Gasteiger charge is -2.14. The van der Waals surface area contributed by atoms with Crippen LogP contribution in [0, 0.1) is 0 Å². The quantitative estimate of drug-likeness (QED) is 0.644. The zero-order valence-electron chi connectivity index (χ0n) is 8.64. The van der Waals surface area contributed by atoms with Crippen LogP contribution in [0.3, 0.4) is 0 Å². The third-order valence-corrected chi connectivity index (χ3v) is 3.19. The van der Waals surface area contributed by atoms with E-state index in [0.29, 0.717) is 12.1 Å². The van der Waals surface area contributed by atoms with E-state index in [4.69, 9.17) is 0 Å². The van der Waals surface area contributed by atoms with Crippen LogP contribution < -0.4 is 5.32 Å². The molecule has 1 saturated heterocycles. The SMILES string of the molecule is CC1=C(C=CC2NC2C)CCCC1. The summed E-state index contributed by atoms with van der Waals surface area (Å²) in [6, 6.07) is 1.36. The molecule has 72 valence electrons. The van der Waals surface area contributed by atoms with Crippen LogP contribution in [0.4, 0.5) is 0 Å². The Balaban J connectivity index is 1.95. The largest absolute Gasteiger partial charge is 0.305 e. The summed E-state index contributed by atoms with van der Waals surface area (Å²) in [7, 11) is 0. The first-order chi connectivity index (χ1) is 6.27. The third-order valence-electron chi connectivity index (χ3n) is 3.19. The van der Waals surface area contributed by atoms with Gasteiger partial charge in [0.1, 0.15) is 0 Å². The molecule has 1 aliphatic carbocycles. The lowest BCUT2D eigenvalue weighted by atomic mass is 9.92. The minimum absolute atomic E-state index is 0.655. The number of hydrogen-bond acceptors (Lipinski definition) is 1. The van der Waals surface area contributed by atoms with Gasteiger partial charge < -0.3 is 5.32 Å². The van der Waals surface area contributed by atoms with Gasteiger partial charge in [-0.15, -0.1) is 0 Å². The van der Waals surface area contributed by atoms with Gasteiger partial charge in [-0.25, -0.2) is 0 Å². The molecule has 1 nitrogen and oxygen atoms in total. The molecule has 0 spiro atoms. The molecule has 0 radical (unpaired) electrons. The first-order valence-electron chi connectivity index (χ1n) is 5.40. The Hall–Kier alpha value is -0.560. The Morgan fingerprint density at radius 3 is 2.62 bits per heavy atom. The first-order valence-corrected chi connectivity index (χ1v) is 5.40. The molecule has 2 atom stereocenters. The van der Waals surface area contributed by atoms with E-state index in [-0.39, 0.29) is 0 Å². The Kier molecular flexibility index (Phi) is 2.54. The molecule has 1 heterocycles. The molecule has 1 fully saturated rings. The van der Waals surface area contributed by atoms with Crippen LogP contribution in [0.25, 0.3) is 0 Å². The van der Waals surface area contributed by atoms with Crippen LogP contribution in [0.2, 0.25) is 0 Å². The topological polar surface area (TPSA) is 21.9 Å². The lowest BCUT2D eigenvalue weighted by Crippen LogP contribution is -1.95. The zero-order valence-corrected chi connectivity index (χ0v) is 8.64. The van der Waals surface area contributed by atoms with Crippen LogP contribution in [-0.4, -0.2) is 12.1 Å². The highest BCUT2D eigenvalue weighted by Gasteiger charge is 2.28. The molecule has 2 unspecified atom stereocenters. The highest BCUT2D eigenvalue weighted by Crippen LogP contribution is 2.25. The molecule has 1 aliphatic heterocycles. The standard InChI is InChI=1S/C12H19N/c1-9-5-3-4-6-11(9)7-8-12-10(2)13-12/h7-8,10,12-13H,3-6H2,1-2H3. The van der Waals surface area contributed by atoms with Crippen LogP contribution in [-0.2, 0) is 0 Å². The predicted molar refractivity (Wildman–Crippen MR) is 56.7 cm³/mol. The van der Waals surface area contributed by atoms with Gasteiger partial charge in [-0.05, 0) is 45.1 Å². The number of nitrogens with one attached hydrogen (secondary N) is 1. The van der Waals surface area contributed by atoms with Gasteiger partial charge in [0, 0.05) is 12.1 Å². The molecule has 0 amide bonds. The van der Waals surface area contributed by atoms with Gasteiger partial charge in [0.15, 0.2) is 0 Å². The Morgan fingerprint density at radius 2 is 2.00 bits per heavy atom. The van der Waals surface area contributed by atoms with Crippen molar-refractivity contribution in [2.24, 2.45) is 0 Å². The third kappa shape index (κ3) is 2.22. The van der Waals surface area contributed by atoms with Gasteiger partial charge in [0.2, 0.25) is 0 Å². The highest BCUT2D eigenvalue weighted by atomic mass is 15.1. The van der Waals surface area contributed by atoms with Crippen molar-refractivity contribution in [2.45, 2.75) is 51.6 Å². The van der Waals surface area contributed by atoms with Crippen molar-refractivity contribution in [3.05, 3.63) is 23.3 Å². The van der Waals surface area contributed by atoms with Crippen molar-refractivity contribution in [3.8, 4) is 0 Å². The summed E-state index contributed by atoms with van der Waals surface area (Å²) in [5.41, 5.74) is 3.20. The highest BCUT2D eigenvalue weighted by molar-refractivity contribution is 5.29. The van der Waals surface area contributed by atoms with Crippen molar-refractivity contribution in [1.82, 2.24) is 5.32 Å². The predicted octanol–water partition coefficient (Wildman–Crippen LogP) is 2.79. The van der Waals surface area contributed by atoms with Gasteiger partial charge in [0.25, 0.3) is 0 Å². The number of rotatable bonds is 2. The normalized spacial score (nSPS) is 34.3. The minimum atomic E-state index is 0.655. The average Bonchev–Trinajstić information content (AvgIpc) is 2.81. The summed E-state index contributed by atoms with van der Waals surface area (Å²) in [6.07, 6.45) is 10.0. The van der Waals surface area contributed by atoms with E-state index in [1.54, 1.807) is 11.1 Å². The van der Waals surface area contributed by atoms with E-state index in [9.17, 15) is 0 Å². The molecule has 0 bridgehead atoms. The van der Waals surface area contributed by atoms with Gasteiger partial charge in [-0.3, -0.25) is 0 Å². The monoisotopic (exact) mass is 177 g/mol. The maximum absolute atomic E-state index is 3.38. The molecule has 0 aromatic heterocycles. The van der Waals surface area contributed by atoms with Gasteiger partial charge in [-0.1, -0.05) is 17.7 Å². The summed E-state index contributed by atoms with van der Waals surface area (Å²) in [5, 5.41) is 3.38. The number of allylic oxidation sites excluding steroid dienone is 3. The van der Waals surface area contributed by atoms with Crippen LogP contribution in [0.5, 0.6) is 0 Å². The molecule has 2 aliphatic rings. The van der Waals surface area contributed by atoms with Gasteiger partial charge in [0.05, 0.1) is 0 Å². The van der Waals surface area contributed by atoms with Crippen molar-refractivity contribution in [3.63, 3.8) is 0 Å². The summed E-state index contributed by atoms with van der Waals surface area (Å²) in [4.78, 5) is 0. The molecule has 0 aromatic rings. The van der Waals surface area contributed by atoms with Crippen molar-refractivity contribution >= 4 is 0 Å². The minimum Gasteiger partial charge on any atom is -0.305 e. The van der Waals surface area contributed by atoms with E-state index >= 15 is 0 Å². The fraction of sp³-hybridized carbons (Fsp3) is 0.667. The summed E-state index contributed by atoms with van der Waals surface area (Å²) >= 11 is 0. The second-order valence-corrected chi connectivity index (χ2v) is 4.35. The Bertz CT molecular complexity index is 250. The van der Waals surface area contributed by atoms with E-state index < -0.39 is 0 Å². The Labute approximate surface area is 80.9 Å². The Morgan fingerprint density at radius 1 is 1.31 bits per heavy atom. The second-order valence-electron chi connectivity index (χ2n) is 4.35. The molecular formula is C12H19N. The molecule has 0 aromatic carbocycles. The molecular weight excluding hydrogens is 158 g/mol. The van der Waals surface area contributed by atoms with Crippen molar-refractivity contribution < 1.29 is 0 Å². The summed E-state index contributed by atoms with van der Waals surface area (Å²) in [6.45, 7) is 4.51. The van der Waals surface area contributed by atoms with E-state index in [1.807, 2.05) is 0 Å². The maximum Gasteiger partial charge on any atom is 0.0408 e. The van der Waals surface area contributed by atoms with Crippen molar-refractivity contribution in [2.75, 3.05) is 0 Å². The first kappa shape index (κ1) is 9.01. The van der Waals surface area contributed by atoms with Gasteiger partial charge in [-0.2, -0.15) is 0 Å². The smallest absolute Gasteiger partial charge is 0.0408 e. The van der Waals surface area contributed by atoms with Crippen LogP contribution in [0.1, 0.15) is 39.5 Å². The fourth-order valence-corrected chi connectivity index (χ4v) is 2.00. The van der Waals surface area contributed by atoms with E-state index in [0.717, 1.165) is 0 Å². The summed E-state index contributed by atoms with van der Waals surface area (Å²) in [5.74, 6) is 0. The molecule has 2 rings (SSSR count).